The zero-order valence-electron chi connectivity index (χ0n) is 9.59. The molecule has 0 atom stereocenters. The minimum Gasteiger partial charge on any atom is -0.481 e. The standard InChI is InChI=1S/C10H13N3O4S/c14-8(7-5-18-13-12-7)11-6-10(9(15)16)1-3-17-4-2-10/h5H,1-4,6H2,(H,11,14)(H,15,16). The van der Waals surface area contributed by atoms with Crippen molar-refractivity contribution in [1.82, 2.24) is 14.9 Å². The molecule has 1 aromatic rings. The van der Waals surface area contributed by atoms with Crippen molar-refractivity contribution in [2.45, 2.75) is 12.8 Å². The Balaban J connectivity index is 1.98. The third-order valence-corrected chi connectivity index (χ3v) is 3.59. The number of carboxylic acids is 1. The second kappa shape index (κ2) is 5.40. The zero-order chi connectivity index (χ0) is 13.0. The molecule has 1 saturated heterocycles. The maximum absolute atomic E-state index is 11.7. The smallest absolute Gasteiger partial charge is 0.311 e. The number of amides is 1. The van der Waals surface area contributed by atoms with Gasteiger partial charge in [-0.1, -0.05) is 4.49 Å². The summed E-state index contributed by atoms with van der Waals surface area (Å²) in [4.78, 5) is 23.0. The Labute approximate surface area is 107 Å². The molecule has 0 radical (unpaired) electrons. The van der Waals surface area contributed by atoms with Crippen molar-refractivity contribution in [3.63, 3.8) is 0 Å². The van der Waals surface area contributed by atoms with Gasteiger partial charge in [-0.15, -0.1) is 5.10 Å². The van der Waals surface area contributed by atoms with Crippen LogP contribution in [0.2, 0.25) is 0 Å². The Morgan fingerprint density at radius 2 is 2.22 bits per heavy atom. The van der Waals surface area contributed by atoms with E-state index < -0.39 is 17.3 Å². The molecule has 98 valence electrons. The monoisotopic (exact) mass is 271 g/mol. The van der Waals surface area contributed by atoms with Gasteiger partial charge in [-0.05, 0) is 24.4 Å². The summed E-state index contributed by atoms with van der Waals surface area (Å²) in [6.45, 7) is 0.892. The van der Waals surface area contributed by atoms with E-state index >= 15 is 0 Å². The summed E-state index contributed by atoms with van der Waals surface area (Å²) in [7, 11) is 0. The number of carbonyl (C=O) groups excluding carboxylic acids is 1. The van der Waals surface area contributed by atoms with Crippen LogP contribution >= 0.6 is 11.5 Å². The highest BCUT2D eigenvalue weighted by Crippen LogP contribution is 2.30. The number of hydrogen-bond donors (Lipinski definition) is 2. The van der Waals surface area contributed by atoms with E-state index in [4.69, 9.17) is 4.74 Å². The summed E-state index contributed by atoms with van der Waals surface area (Å²) in [6, 6.07) is 0. The van der Waals surface area contributed by atoms with E-state index in [2.05, 4.69) is 14.9 Å². The number of ether oxygens (including phenoxy) is 1. The van der Waals surface area contributed by atoms with Crippen LogP contribution in [0.4, 0.5) is 0 Å². The third kappa shape index (κ3) is 2.65. The van der Waals surface area contributed by atoms with Crippen molar-refractivity contribution in [2.75, 3.05) is 19.8 Å². The highest BCUT2D eigenvalue weighted by atomic mass is 32.1. The molecule has 2 heterocycles. The number of rotatable bonds is 4. The van der Waals surface area contributed by atoms with E-state index in [0.29, 0.717) is 26.1 Å². The first-order valence-corrected chi connectivity index (χ1v) is 6.34. The molecule has 2 N–H and O–H groups in total. The van der Waals surface area contributed by atoms with Gasteiger partial charge in [0, 0.05) is 25.1 Å². The number of hydrogen-bond acceptors (Lipinski definition) is 6. The van der Waals surface area contributed by atoms with Gasteiger partial charge in [0.1, 0.15) is 0 Å². The zero-order valence-corrected chi connectivity index (χ0v) is 10.4. The quantitative estimate of drug-likeness (QED) is 0.808. The number of carbonyl (C=O) groups is 2. The molecule has 0 bridgehead atoms. The first-order chi connectivity index (χ1) is 8.64. The van der Waals surface area contributed by atoms with Crippen molar-refractivity contribution in [3.8, 4) is 0 Å². The van der Waals surface area contributed by atoms with Crippen LogP contribution in [-0.2, 0) is 9.53 Å². The van der Waals surface area contributed by atoms with Gasteiger partial charge in [0.05, 0.1) is 5.41 Å². The Kier molecular flexibility index (Phi) is 3.87. The Hall–Kier alpha value is -1.54. The van der Waals surface area contributed by atoms with E-state index in [1.807, 2.05) is 0 Å². The fraction of sp³-hybridized carbons (Fsp3) is 0.600. The molecule has 18 heavy (non-hydrogen) atoms. The Morgan fingerprint density at radius 3 is 2.78 bits per heavy atom. The molecule has 0 unspecified atom stereocenters. The lowest BCUT2D eigenvalue weighted by atomic mass is 9.80. The molecule has 0 spiro atoms. The van der Waals surface area contributed by atoms with Crippen LogP contribution in [0.1, 0.15) is 23.3 Å². The Bertz CT molecular complexity index is 428. The fourth-order valence-corrected chi connectivity index (χ4v) is 2.27. The van der Waals surface area contributed by atoms with E-state index in [1.54, 1.807) is 0 Å². The number of aliphatic carboxylic acids is 1. The van der Waals surface area contributed by atoms with Crippen LogP contribution in [-0.4, -0.2) is 46.3 Å². The highest BCUT2D eigenvalue weighted by molar-refractivity contribution is 7.03. The Morgan fingerprint density at radius 1 is 1.50 bits per heavy atom. The maximum Gasteiger partial charge on any atom is 0.311 e. The molecule has 0 aliphatic carbocycles. The minimum absolute atomic E-state index is 0.0854. The second-order valence-corrected chi connectivity index (χ2v) is 4.78. The predicted molar refractivity (Wildman–Crippen MR) is 62.4 cm³/mol. The van der Waals surface area contributed by atoms with Crippen LogP contribution in [0.5, 0.6) is 0 Å². The van der Waals surface area contributed by atoms with Gasteiger partial charge in [0.25, 0.3) is 5.91 Å². The lowest BCUT2D eigenvalue weighted by Crippen LogP contribution is -2.46. The summed E-state index contributed by atoms with van der Waals surface area (Å²) < 4.78 is 8.74. The first-order valence-electron chi connectivity index (χ1n) is 5.50. The highest BCUT2D eigenvalue weighted by Gasteiger charge is 2.40. The summed E-state index contributed by atoms with van der Waals surface area (Å²) in [5, 5.41) is 17.1. The molecular formula is C10H13N3O4S. The summed E-state index contributed by atoms with van der Waals surface area (Å²) in [5.41, 5.74) is -0.718. The number of carboxylic acid groups (broad SMARTS) is 1. The van der Waals surface area contributed by atoms with Crippen molar-refractivity contribution in [1.29, 1.82) is 0 Å². The molecule has 1 aliphatic rings. The predicted octanol–water partition coefficient (Wildman–Crippen LogP) is 0.149. The third-order valence-electron chi connectivity index (χ3n) is 3.08. The lowest BCUT2D eigenvalue weighted by molar-refractivity contribution is -0.154. The van der Waals surface area contributed by atoms with E-state index in [9.17, 15) is 14.7 Å². The normalized spacial score (nSPS) is 18.2. The van der Waals surface area contributed by atoms with E-state index in [-0.39, 0.29) is 12.2 Å². The molecule has 8 heteroatoms. The molecule has 1 aromatic heterocycles. The molecular weight excluding hydrogens is 258 g/mol. The fourth-order valence-electron chi connectivity index (χ4n) is 1.83. The van der Waals surface area contributed by atoms with Crippen molar-refractivity contribution in [3.05, 3.63) is 11.1 Å². The molecule has 0 saturated carbocycles. The molecule has 1 fully saturated rings. The number of nitrogens with zero attached hydrogens (tertiary/aromatic N) is 2. The van der Waals surface area contributed by atoms with Gasteiger partial charge < -0.3 is 15.2 Å². The van der Waals surface area contributed by atoms with Crippen molar-refractivity contribution < 1.29 is 19.4 Å². The molecule has 1 amide bonds. The van der Waals surface area contributed by atoms with Gasteiger partial charge in [-0.2, -0.15) is 0 Å². The summed E-state index contributed by atoms with van der Waals surface area (Å²) in [6.07, 6.45) is 0.801. The van der Waals surface area contributed by atoms with Crippen LogP contribution in [0.25, 0.3) is 0 Å². The SMILES string of the molecule is O=C(NCC1(C(=O)O)CCOCC1)c1csnn1. The van der Waals surface area contributed by atoms with Crippen molar-refractivity contribution in [2.24, 2.45) is 5.41 Å². The molecule has 1 aliphatic heterocycles. The summed E-state index contributed by atoms with van der Waals surface area (Å²) >= 11 is 1.08. The molecule has 2 rings (SSSR count). The summed E-state index contributed by atoms with van der Waals surface area (Å²) in [5.74, 6) is -1.29. The maximum atomic E-state index is 11.7. The second-order valence-electron chi connectivity index (χ2n) is 4.17. The van der Waals surface area contributed by atoms with Crippen LogP contribution < -0.4 is 5.32 Å². The van der Waals surface area contributed by atoms with Crippen LogP contribution in [0, 0.1) is 5.41 Å². The minimum atomic E-state index is -0.933. The molecule has 0 aromatic carbocycles. The lowest BCUT2D eigenvalue weighted by Gasteiger charge is -2.32. The van der Waals surface area contributed by atoms with Gasteiger partial charge in [0.2, 0.25) is 0 Å². The average molecular weight is 271 g/mol. The largest absolute Gasteiger partial charge is 0.481 e. The van der Waals surface area contributed by atoms with Crippen LogP contribution in [0.3, 0.4) is 0 Å². The van der Waals surface area contributed by atoms with Gasteiger partial charge in [0.15, 0.2) is 5.69 Å². The van der Waals surface area contributed by atoms with Gasteiger partial charge >= 0.3 is 5.97 Å². The van der Waals surface area contributed by atoms with E-state index in [0.717, 1.165) is 11.5 Å². The van der Waals surface area contributed by atoms with Gasteiger partial charge in [-0.3, -0.25) is 9.59 Å². The van der Waals surface area contributed by atoms with Crippen molar-refractivity contribution >= 4 is 23.4 Å². The topological polar surface area (TPSA) is 101 Å². The number of nitrogens with one attached hydrogen (secondary N) is 1. The average Bonchev–Trinajstić information content (AvgIpc) is 2.91. The number of aromatic nitrogens is 2. The van der Waals surface area contributed by atoms with E-state index in [1.165, 1.54) is 5.38 Å². The van der Waals surface area contributed by atoms with Crippen LogP contribution in [0.15, 0.2) is 5.38 Å². The van der Waals surface area contributed by atoms with Gasteiger partial charge in [-0.25, -0.2) is 0 Å². The first kappa shape index (κ1) is 12.9. The molecule has 7 nitrogen and oxygen atoms in total.